The fraction of sp³-hybridized carbons (Fsp3) is 0. The van der Waals surface area contributed by atoms with E-state index in [1.807, 2.05) is 6.07 Å². The number of hydrogen-bond donors (Lipinski definition) is 4. The van der Waals surface area contributed by atoms with E-state index in [2.05, 4.69) is 4.98 Å². The summed E-state index contributed by atoms with van der Waals surface area (Å²) < 4.78 is 0. The molecule has 124 valence electrons. The van der Waals surface area contributed by atoms with Crippen molar-refractivity contribution in [1.29, 1.82) is 0 Å². The molecule has 2 aromatic heterocycles. The van der Waals surface area contributed by atoms with Gasteiger partial charge in [0.2, 0.25) is 0 Å². The molecule has 0 saturated carbocycles. The molecule has 0 aliphatic heterocycles. The van der Waals surface area contributed by atoms with Crippen molar-refractivity contribution in [1.82, 2.24) is 4.98 Å². The number of aromatic hydroxyl groups is 3. The summed E-state index contributed by atoms with van der Waals surface area (Å²) in [6.07, 6.45) is 0. The van der Waals surface area contributed by atoms with E-state index in [0.717, 1.165) is 0 Å². The highest BCUT2D eigenvalue weighted by Crippen LogP contribution is 2.44. The van der Waals surface area contributed by atoms with E-state index in [0.29, 0.717) is 26.9 Å². The molecule has 0 fully saturated rings. The molecule has 0 atom stereocenters. The Morgan fingerprint density at radius 1 is 0.920 bits per heavy atom. The van der Waals surface area contributed by atoms with Crippen molar-refractivity contribution in [2.24, 2.45) is 0 Å². The second kappa shape index (κ2) is 5.68. The van der Waals surface area contributed by atoms with E-state index in [4.69, 9.17) is 0 Å². The molecule has 0 radical (unpaired) electrons. The first-order chi connectivity index (χ1) is 12.1. The highest BCUT2D eigenvalue weighted by atomic mass is 32.1. The summed E-state index contributed by atoms with van der Waals surface area (Å²) in [5.74, 6) is -0.288. The van der Waals surface area contributed by atoms with Crippen molar-refractivity contribution in [2.45, 2.75) is 0 Å². The van der Waals surface area contributed by atoms with Gasteiger partial charge in [-0.25, -0.2) is 0 Å². The minimum absolute atomic E-state index is 0.0524. The van der Waals surface area contributed by atoms with Crippen LogP contribution in [0.5, 0.6) is 17.2 Å². The predicted molar refractivity (Wildman–Crippen MR) is 98.3 cm³/mol. The summed E-state index contributed by atoms with van der Waals surface area (Å²) in [7, 11) is 0. The van der Waals surface area contributed by atoms with Gasteiger partial charge in [0.1, 0.15) is 22.1 Å². The van der Waals surface area contributed by atoms with Crippen molar-refractivity contribution in [2.75, 3.05) is 0 Å². The minimum atomic E-state index is -0.375. The number of aromatic amines is 1. The van der Waals surface area contributed by atoms with Crippen LogP contribution in [0.25, 0.3) is 32.5 Å². The highest BCUT2D eigenvalue weighted by Gasteiger charge is 2.20. The number of thiophene rings is 1. The number of H-pyrrole nitrogens is 1. The Morgan fingerprint density at radius 2 is 1.68 bits per heavy atom. The predicted octanol–water partition coefficient (Wildman–Crippen LogP) is 4.04. The van der Waals surface area contributed by atoms with Crippen molar-refractivity contribution in [3.63, 3.8) is 0 Å². The Hall–Kier alpha value is -3.25. The van der Waals surface area contributed by atoms with Gasteiger partial charge in [-0.1, -0.05) is 30.3 Å². The highest BCUT2D eigenvalue weighted by molar-refractivity contribution is 7.17. The minimum Gasteiger partial charge on any atom is -0.508 e. The topological polar surface area (TPSA) is 93.6 Å². The average molecular weight is 351 g/mol. The standard InChI is InChI=1S/C19H13NO4S/c21-11-6-7-12(14(22)8-11)13-9-25-19-16(13)17(23)15(18(24)20-19)10-4-2-1-3-5-10/h1-9,21-22H,(H2,20,23,24). The van der Waals surface area contributed by atoms with Crippen molar-refractivity contribution >= 4 is 21.6 Å². The van der Waals surface area contributed by atoms with E-state index in [1.54, 1.807) is 35.7 Å². The smallest absolute Gasteiger partial charge is 0.260 e. The Bertz CT molecular complexity index is 1150. The molecule has 0 unspecified atom stereocenters. The van der Waals surface area contributed by atoms with Crippen LogP contribution in [0.3, 0.4) is 0 Å². The first kappa shape index (κ1) is 15.3. The molecule has 0 spiro atoms. The third kappa shape index (κ3) is 2.43. The van der Waals surface area contributed by atoms with Crippen LogP contribution in [-0.4, -0.2) is 20.3 Å². The van der Waals surface area contributed by atoms with Crippen LogP contribution in [0, 0.1) is 0 Å². The number of pyridine rings is 1. The van der Waals surface area contributed by atoms with Gasteiger partial charge in [0.25, 0.3) is 5.56 Å². The maximum absolute atomic E-state index is 12.4. The molecular weight excluding hydrogens is 338 g/mol. The van der Waals surface area contributed by atoms with Gasteiger partial charge in [-0.05, 0) is 17.7 Å². The molecule has 0 aliphatic rings. The second-order valence-corrected chi connectivity index (χ2v) is 6.48. The molecular formula is C19H13NO4S. The van der Waals surface area contributed by atoms with Gasteiger partial charge in [0.05, 0.1) is 10.9 Å². The van der Waals surface area contributed by atoms with Gasteiger partial charge in [-0.15, -0.1) is 11.3 Å². The second-order valence-electron chi connectivity index (χ2n) is 5.60. The summed E-state index contributed by atoms with van der Waals surface area (Å²) in [6.45, 7) is 0. The van der Waals surface area contributed by atoms with Crippen molar-refractivity contribution in [3.05, 3.63) is 64.3 Å². The Balaban J connectivity index is 2.05. The van der Waals surface area contributed by atoms with Crippen LogP contribution in [0.1, 0.15) is 0 Å². The molecule has 4 aromatic rings. The molecule has 0 aliphatic carbocycles. The maximum Gasteiger partial charge on any atom is 0.260 e. The maximum atomic E-state index is 12.4. The molecule has 2 heterocycles. The number of hydrogen-bond acceptors (Lipinski definition) is 5. The van der Waals surface area contributed by atoms with Crippen LogP contribution in [0.2, 0.25) is 0 Å². The number of fused-ring (bicyclic) bond motifs is 1. The van der Waals surface area contributed by atoms with E-state index in [1.165, 1.54) is 23.5 Å². The third-order valence-corrected chi connectivity index (χ3v) is 4.95. The van der Waals surface area contributed by atoms with Crippen LogP contribution < -0.4 is 5.56 Å². The lowest BCUT2D eigenvalue weighted by Gasteiger charge is -2.08. The Labute approximate surface area is 146 Å². The molecule has 0 saturated heterocycles. The van der Waals surface area contributed by atoms with Crippen LogP contribution in [-0.2, 0) is 0 Å². The third-order valence-electron chi connectivity index (χ3n) is 4.05. The lowest BCUT2D eigenvalue weighted by atomic mass is 10.00. The molecule has 0 bridgehead atoms. The summed E-state index contributed by atoms with van der Waals surface area (Å²) >= 11 is 1.26. The quantitative estimate of drug-likeness (QED) is 0.438. The molecule has 4 N–H and O–H groups in total. The summed E-state index contributed by atoms with van der Waals surface area (Å²) in [5, 5.41) is 32.7. The zero-order chi connectivity index (χ0) is 17.6. The number of phenolic OH excluding ortho intramolecular Hbond substituents is 2. The Morgan fingerprint density at radius 3 is 2.40 bits per heavy atom. The Kier molecular flexibility index (Phi) is 3.47. The fourth-order valence-corrected chi connectivity index (χ4v) is 3.86. The summed E-state index contributed by atoms with van der Waals surface area (Å²) in [6, 6.07) is 13.2. The molecule has 0 amide bonds. The van der Waals surface area contributed by atoms with E-state index < -0.39 is 0 Å². The number of aromatic nitrogens is 1. The zero-order valence-corrected chi connectivity index (χ0v) is 13.7. The van der Waals surface area contributed by atoms with Crippen LogP contribution in [0.15, 0.2) is 58.7 Å². The number of nitrogens with one attached hydrogen (secondary N) is 1. The SMILES string of the molecule is O=c1[nH]c2scc(-c3ccc(O)cc3O)c2c(O)c1-c1ccccc1. The summed E-state index contributed by atoms with van der Waals surface area (Å²) in [4.78, 5) is 15.7. The van der Waals surface area contributed by atoms with Gasteiger partial charge in [0, 0.05) is 22.6 Å². The van der Waals surface area contributed by atoms with Gasteiger partial charge in [0.15, 0.2) is 0 Å². The van der Waals surface area contributed by atoms with E-state index in [9.17, 15) is 20.1 Å². The molecule has 6 heteroatoms. The largest absolute Gasteiger partial charge is 0.508 e. The first-order valence-electron chi connectivity index (χ1n) is 7.50. The monoisotopic (exact) mass is 351 g/mol. The number of benzene rings is 2. The van der Waals surface area contributed by atoms with E-state index >= 15 is 0 Å². The molecule has 4 rings (SSSR count). The zero-order valence-electron chi connectivity index (χ0n) is 12.9. The lowest BCUT2D eigenvalue weighted by molar-refractivity contribution is 0.452. The molecule has 25 heavy (non-hydrogen) atoms. The van der Waals surface area contributed by atoms with Gasteiger partial charge < -0.3 is 20.3 Å². The molecule has 5 nitrogen and oxygen atoms in total. The summed E-state index contributed by atoms with van der Waals surface area (Å²) in [5.41, 5.74) is 1.47. The van der Waals surface area contributed by atoms with Crippen LogP contribution >= 0.6 is 11.3 Å². The van der Waals surface area contributed by atoms with Crippen LogP contribution in [0.4, 0.5) is 0 Å². The first-order valence-corrected chi connectivity index (χ1v) is 8.38. The van der Waals surface area contributed by atoms with Crippen molar-refractivity contribution < 1.29 is 15.3 Å². The van der Waals surface area contributed by atoms with E-state index in [-0.39, 0.29) is 28.4 Å². The number of phenols is 2. The lowest BCUT2D eigenvalue weighted by Crippen LogP contribution is -2.08. The van der Waals surface area contributed by atoms with Gasteiger partial charge in [-0.3, -0.25) is 4.79 Å². The average Bonchev–Trinajstić information content (AvgIpc) is 2.99. The van der Waals surface area contributed by atoms with Gasteiger partial charge >= 0.3 is 0 Å². The number of rotatable bonds is 2. The molecule has 2 aromatic carbocycles. The normalized spacial score (nSPS) is 11.0. The fourth-order valence-electron chi connectivity index (χ4n) is 2.90. The van der Waals surface area contributed by atoms with Crippen molar-refractivity contribution in [3.8, 4) is 39.5 Å². The van der Waals surface area contributed by atoms with Gasteiger partial charge in [-0.2, -0.15) is 0 Å².